The molecule has 0 unspecified atom stereocenters. The molecule has 0 aliphatic rings. The second-order valence-corrected chi connectivity index (χ2v) is 5.12. The zero-order chi connectivity index (χ0) is 13.5. The Hall–Kier alpha value is -1.56. The average Bonchev–Trinajstić information content (AvgIpc) is 2.43. The predicted molar refractivity (Wildman–Crippen MR) is 88.0 cm³/mol. The maximum absolute atomic E-state index is 5.38. The zero-order valence-electron chi connectivity index (χ0n) is 10.6. The van der Waals surface area contributed by atoms with Crippen LogP contribution in [-0.2, 0) is 0 Å². The standard InChI is InChI=1S/C15H15IN2O/c1-2-19-15-9-3-12(4-10-15)11-17-18-14-7-5-13(16)6-8-14/h3-11,18H,2H2,1H3. The molecule has 0 fully saturated rings. The molecule has 0 radical (unpaired) electrons. The second-order valence-electron chi connectivity index (χ2n) is 3.88. The van der Waals surface area contributed by atoms with E-state index < -0.39 is 0 Å². The summed E-state index contributed by atoms with van der Waals surface area (Å²) in [5.74, 6) is 0.880. The largest absolute Gasteiger partial charge is 0.494 e. The van der Waals surface area contributed by atoms with Crippen molar-refractivity contribution in [2.75, 3.05) is 12.0 Å². The third-order valence-corrected chi connectivity index (χ3v) is 3.16. The van der Waals surface area contributed by atoms with E-state index in [0.29, 0.717) is 6.61 Å². The minimum atomic E-state index is 0.682. The van der Waals surface area contributed by atoms with Crippen LogP contribution in [0.2, 0.25) is 0 Å². The zero-order valence-corrected chi connectivity index (χ0v) is 12.8. The first-order valence-corrected chi connectivity index (χ1v) is 7.13. The van der Waals surface area contributed by atoms with Gasteiger partial charge in [0.2, 0.25) is 0 Å². The molecule has 2 rings (SSSR count). The maximum Gasteiger partial charge on any atom is 0.119 e. The maximum atomic E-state index is 5.38. The quantitative estimate of drug-likeness (QED) is 0.490. The summed E-state index contributed by atoms with van der Waals surface area (Å²) in [5, 5.41) is 4.20. The molecule has 0 aliphatic heterocycles. The summed E-state index contributed by atoms with van der Waals surface area (Å²) in [4.78, 5) is 0. The molecule has 0 aliphatic carbocycles. The van der Waals surface area contributed by atoms with Crippen molar-refractivity contribution in [3.8, 4) is 5.75 Å². The molecule has 98 valence electrons. The fraction of sp³-hybridized carbons (Fsp3) is 0.133. The van der Waals surface area contributed by atoms with Gasteiger partial charge in [-0.25, -0.2) is 0 Å². The van der Waals surface area contributed by atoms with Crippen molar-refractivity contribution < 1.29 is 4.74 Å². The summed E-state index contributed by atoms with van der Waals surface area (Å²) in [6.07, 6.45) is 1.79. The van der Waals surface area contributed by atoms with Gasteiger partial charge in [-0.1, -0.05) is 0 Å². The molecule has 0 saturated heterocycles. The normalized spacial score (nSPS) is 10.6. The van der Waals surface area contributed by atoms with Gasteiger partial charge in [-0.15, -0.1) is 0 Å². The molecule has 0 aromatic heterocycles. The Labute approximate surface area is 126 Å². The van der Waals surface area contributed by atoms with E-state index in [0.717, 1.165) is 17.0 Å². The van der Waals surface area contributed by atoms with Crippen molar-refractivity contribution in [2.45, 2.75) is 6.92 Å². The first-order valence-electron chi connectivity index (χ1n) is 6.05. The summed E-state index contributed by atoms with van der Waals surface area (Å²) in [5.41, 5.74) is 5.00. The Morgan fingerprint density at radius 3 is 2.42 bits per heavy atom. The highest BCUT2D eigenvalue weighted by atomic mass is 127. The topological polar surface area (TPSA) is 33.6 Å². The minimum Gasteiger partial charge on any atom is -0.494 e. The van der Waals surface area contributed by atoms with Gasteiger partial charge in [-0.2, -0.15) is 5.10 Å². The smallest absolute Gasteiger partial charge is 0.119 e. The van der Waals surface area contributed by atoms with Crippen LogP contribution in [0.4, 0.5) is 5.69 Å². The van der Waals surface area contributed by atoms with Gasteiger partial charge in [-0.05, 0) is 83.6 Å². The first-order chi connectivity index (χ1) is 9.28. The minimum absolute atomic E-state index is 0.682. The Kier molecular flexibility index (Phi) is 5.20. The third kappa shape index (κ3) is 4.55. The highest BCUT2D eigenvalue weighted by Gasteiger charge is 1.92. The number of halogens is 1. The summed E-state index contributed by atoms with van der Waals surface area (Å²) in [6, 6.07) is 15.9. The van der Waals surface area contributed by atoms with Gasteiger partial charge in [0.15, 0.2) is 0 Å². The lowest BCUT2D eigenvalue weighted by molar-refractivity contribution is 0.340. The lowest BCUT2D eigenvalue weighted by atomic mass is 10.2. The third-order valence-electron chi connectivity index (χ3n) is 2.44. The Morgan fingerprint density at radius 2 is 1.79 bits per heavy atom. The lowest BCUT2D eigenvalue weighted by Crippen LogP contribution is -1.92. The van der Waals surface area contributed by atoms with Crippen molar-refractivity contribution in [1.29, 1.82) is 0 Å². The van der Waals surface area contributed by atoms with Crippen molar-refractivity contribution in [3.05, 3.63) is 57.7 Å². The molecule has 1 N–H and O–H groups in total. The molecule has 4 heteroatoms. The van der Waals surface area contributed by atoms with E-state index in [1.54, 1.807) is 6.21 Å². The molecular weight excluding hydrogens is 351 g/mol. The van der Waals surface area contributed by atoms with Crippen molar-refractivity contribution in [2.24, 2.45) is 5.10 Å². The Morgan fingerprint density at radius 1 is 1.11 bits per heavy atom. The van der Waals surface area contributed by atoms with Crippen molar-refractivity contribution in [1.82, 2.24) is 0 Å². The molecule has 0 atom stereocenters. The molecule has 0 amide bonds. The molecule has 0 bridgehead atoms. The van der Waals surface area contributed by atoms with Crippen LogP contribution in [0, 0.1) is 3.57 Å². The number of anilines is 1. The van der Waals surface area contributed by atoms with E-state index in [2.05, 4.69) is 33.1 Å². The van der Waals surface area contributed by atoms with E-state index in [1.807, 2.05) is 55.5 Å². The van der Waals surface area contributed by atoms with Gasteiger partial charge in [-0.3, -0.25) is 5.43 Å². The lowest BCUT2D eigenvalue weighted by Gasteiger charge is -2.02. The number of hydrogen-bond acceptors (Lipinski definition) is 3. The van der Waals surface area contributed by atoms with Crippen LogP contribution in [0.1, 0.15) is 12.5 Å². The molecular formula is C15H15IN2O. The van der Waals surface area contributed by atoms with Gasteiger partial charge in [0.1, 0.15) is 5.75 Å². The summed E-state index contributed by atoms with van der Waals surface area (Å²) >= 11 is 2.28. The van der Waals surface area contributed by atoms with Crippen LogP contribution >= 0.6 is 22.6 Å². The van der Waals surface area contributed by atoms with E-state index in [4.69, 9.17) is 4.74 Å². The fourth-order valence-corrected chi connectivity index (χ4v) is 1.88. The average molecular weight is 366 g/mol. The SMILES string of the molecule is CCOc1ccc(C=NNc2ccc(I)cc2)cc1. The van der Waals surface area contributed by atoms with E-state index >= 15 is 0 Å². The number of ether oxygens (including phenoxy) is 1. The van der Waals surface area contributed by atoms with Crippen molar-refractivity contribution in [3.63, 3.8) is 0 Å². The molecule has 0 heterocycles. The number of hydrazone groups is 1. The predicted octanol–water partition coefficient (Wildman–Crippen LogP) is 4.14. The number of hydrogen-bond donors (Lipinski definition) is 1. The number of nitrogens with zero attached hydrogens (tertiary/aromatic N) is 1. The van der Waals surface area contributed by atoms with Crippen LogP contribution in [0.25, 0.3) is 0 Å². The highest BCUT2D eigenvalue weighted by Crippen LogP contribution is 2.12. The molecule has 3 nitrogen and oxygen atoms in total. The van der Waals surface area contributed by atoms with Gasteiger partial charge in [0.05, 0.1) is 18.5 Å². The van der Waals surface area contributed by atoms with Gasteiger partial charge in [0, 0.05) is 3.57 Å². The second kappa shape index (κ2) is 7.13. The number of benzene rings is 2. The van der Waals surface area contributed by atoms with Crippen LogP contribution < -0.4 is 10.2 Å². The Balaban J connectivity index is 1.93. The van der Waals surface area contributed by atoms with Gasteiger partial charge >= 0.3 is 0 Å². The molecule has 2 aromatic carbocycles. The monoisotopic (exact) mass is 366 g/mol. The van der Waals surface area contributed by atoms with E-state index in [9.17, 15) is 0 Å². The van der Waals surface area contributed by atoms with E-state index in [-0.39, 0.29) is 0 Å². The van der Waals surface area contributed by atoms with Gasteiger partial charge in [0.25, 0.3) is 0 Å². The highest BCUT2D eigenvalue weighted by molar-refractivity contribution is 14.1. The first kappa shape index (κ1) is 13.9. The number of nitrogens with one attached hydrogen (secondary N) is 1. The molecule has 0 saturated carbocycles. The van der Waals surface area contributed by atoms with Gasteiger partial charge < -0.3 is 4.74 Å². The van der Waals surface area contributed by atoms with Crippen LogP contribution in [0.5, 0.6) is 5.75 Å². The Bertz CT molecular complexity index is 535. The summed E-state index contributed by atoms with van der Waals surface area (Å²) < 4.78 is 6.59. The molecule has 19 heavy (non-hydrogen) atoms. The molecule has 2 aromatic rings. The van der Waals surface area contributed by atoms with Crippen LogP contribution in [0.3, 0.4) is 0 Å². The fourth-order valence-electron chi connectivity index (χ4n) is 1.52. The number of rotatable bonds is 5. The van der Waals surface area contributed by atoms with Crippen molar-refractivity contribution >= 4 is 34.5 Å². The van der Waals surface area contributed by atoms with Crippen LogP contribution in [0.15, 0.2) is 53.6 Å². The summed E-state index contributed by atoms with van der Waals surface area (Å²) in [6.45, 7) is 2.65. The molecule has 0 spiro atoms. The van der Waals surface area contributed by atoms with E-state index in [1.165, 1.54) is 3.57 Å². The summed E-state index contributed by atoms with van der Waals surface area (Å²) in [7, 11) is 0. The van der Waals surface area contributed by atoms with Crippen LogP contribution in [-0.4, -0.2) is 12.8 Å².